The van der Waals surface area contributed by atoms with Crippen LogP contribution in [0.15, 0.2) is 47.4 Å². The molecule has 0 bridgehead atoms. The summed E-state index contributed by atoms with van der Waals surface area (Å²) in [5, 5.41) is 3.33. The Kier molecular flexibility index (Phi) is 5.31. The number of benzene rings is 1. The van der Waals surface area contributed by atoms with E-state index >= 15 is 0 Å². The third-order valence-corrected chi connectivity index (χ3v) is 5.17. The van der Waals surface area contributed by atoms with Crippen molar-refractivity contribution in [3.63, 3.8) is 0 Å². The largest absolute Gasteiger partial charge is 0.379 e. The summed E-state index contributed by atoms with van der Waals surface area (Å²) in [7, 11) is 0. The highest BCUT2D eigenvalue weighted by Gasteiger charge is 2.19. The van der Waals surface area contributed by atoms with Crippen molar-refractivity contribution >= 4 is 17.2 Å². The molecule has 0 spiro atoms. The summed E-state index contributed by atoms with van der Waals surface area (Å²) in [6.45, 7) is 6.75. The second-order valence-electron chi connectivity index (χ2n) is 7.26. The van der Waals surface area contributed by atoms with E-state index in [-0.39, 0.29) is 11.5 Å². The SMILES string of the molecule is Cc1cc(C(=O)N2CCOCC2)ccc1NCc1cc(=O)n2cccc(C)c2n1. The van der Waals surface area contributed by atoms with Crippen LogP contribution >= 0.6 is 0 Å². The smallest absolute Gasteiger partial charge is 0.258 e. The van der Waals surface area contributed by atoms with E-state index in [1.54, 1.807) is 16.7 Å². The number of fused-ring (bicyclic) bond motifs is 1. The van der Waals surface area contributed by atoms with Crippen LogP contribution in [-0.4, -0.2) is 46.5 Å². The monoisotopic (exact) mass is 392 g/mol. The number of ether oxygens (including phenoxy) is 1. The number of pyridine rings is 1. The van der Waals surface area contributed by atoms with Gasteiger partial charge < -0.3 is 15.0 Å². The predicted octanol–water partition coefficient (Wildman–Crippen LogP) is 2.40. The van der Waals surface area contributed by atoms with E-state index in [0.29, 0.717) is 49.8 Å². The highest BCUT2D eigenvalue weighted by atomic mass is 16.5. The van der Waals surface area contributed by atoms with Gasteiger partial charge in [-0.1, -0.05) is 6.07 Å². The van der Waals surface area contributed by atoms with Gasteiger partial charge in [0, 0.05) is 36.6 Å². The van der Waals surface area contributed by atoms with Gasteiger partial charge in [0.05, 0.1) is 25.5 Å². The zero-order chi connectivity index (χ0) is 20.4. The Bertz CT molecular complexity index is 1120. The number of aromatic nitrogens is 2. The molecule has 2 aromatic heterocycles. The number of rotatable bonds is 4. The number of anilines is 1. The number of carbonyl (C=O) groups is 1. The van der Waals surface area contributed by atoms with Crippen LogP contribution in [0.25, 0.3) is 5.65 Å². The quantitative estimate of drug-likeness (QED) is 0.738. The number of aryl methyl sites for hydroxylation is 2. The number of nitrogens with one attached hydrogen (secondary N) is 1. The van der Waals surface area contributed by atoms with Crippen molar-refractivity contribution < 1.29 is 9.53 Å². The van der Waals surface area contributed by atoms with Crippen LogP contribution in [0.4, 0.5) is 5.69 Å². The Morgan fingerprint density at radius 2 is 1.93 bits per heavy atom. The van der Waals surface area contributed by atoms with Gasteiger partial charge in [0.25, 0.3) is 11.5 Å². The Balaban J connectivity index is 1.50. The fourth-order valence-electron chi connectivity index (χ4n) is 3.53. The van der Waals surface area contributed by atoms with E-state index in [4.69, 9.17) is 4.74 Å². The molecule has 1 N–H and O–H groups in total. The number of carbonyl (C=O) groups excluding carboxylic acids is 1. The second kappa shape index (κ2) is 8.05. The molecule has 1 amide bonds. The predicted molar refractivity (Wildman–Crippen MR) is 111 cm³/mol. The molecule has 1 aliphatic heterocycles. The molecule has 29 heavy (non-hydrogen) atoms. The standard InChI is InChI=1S/C22H24N4O3/c1-15-4-3-7-26-20(27)13-18(24-21(15)26)14-23-19-6-5-17(12-16(19)2)22(28)25-8-10-29-11-9-25/h3-7,12-13,23H,8-11,14H2,1-2H3. The third-order valence-electron chi connectivity index (χ3n) is 5.17. The minimum atomic E-state index is -0.0984. The summed E-state index contributed by atoms with van der Waals surface area (Å²) < 4.78 is 6.86. The van der Waals surface area contributed by atoms with E-state index < -0.39 is 0 Å². The minimum Gasteiger partial charge on any atom is -0.379 e. The zero-order valence-corrected chi connectivity index (χ0v) is 16.6. The molecule has 1 fully saturated rings. The van der Waals surface area contributed by atoms with Crippen molar-refractivity contribution in [1.82, 2.24) is 14.3 Å². The molecule has 3 heterocycles. The third kappa shape index (κ3) is 4.00. The number of morpholine rings is 1. The van der Waals surface area contributed by atoms with Crippen LogP contribution in [0.2, 0.25) is 0 Å². The summed E-state index contributed by atoms with van der Waals surface area (Å²) in [5.41, 5.74) is 4.75. The van der Waals surface area contributed by atoms with Gasteiger partial charge in [0.15, 0.2) is 0 Å². The first kappa shape index (κ1) is 19.1. The first-order valence-electron chi connectivity index (χ1n) is 9.72. The Morgan fingerprint density at radius 3 is 2.69 bits per heavy atom. The fourth-order valence-corrected chi connectivity index (χ4v) is 3.53. The number of hydrogen-bond donors (Lipinski definition) is 1. The van der Waals surface area contributed by atoms with Gasteiger partial charge >= 0.3 is 0 Å². The number of amides is 1. The van der Waals surface area contributed by atoms with E-state index in [1.165, 1.54) is 0 Å². The highest BCUT2D eigenvalue weighted by Crippen LogP contribution is 2.19. The average molecular weight is 392 g/mol. The summed E-state index contributed by atoms with van der Waals surface area (Å²) >= 11 is 0. The van der Waals surface area contributed by atoms with Crippen molar-refractivity contribution in [2.45, 2.75) is 20.4 Å². The summed E-state index contributed by atoms with van der Waals surface area (Å²) in [4.78, 5) is 31.4. The van der Waals surface area contributed by atoms with Gasteiger partial charge in [0.1, 0.15) is 5.65 Å². The van der Waals surface area contributed by atoms with Gasteiger partial charge in [-0.25, -0.2) is 4.98 Å². The normalized spacial score (nSPS) is 14.2. The van der Waals surface area contributed by atoms with Gasteiger partial charge in [-0.05, 0) is 49.2 Å². The minimum absolute atomic E-state index is 0.0302. The molecular weight excluding hydrogens is 368 g/mol. The van der Waals surface area contributed by atoms with Crippen molar-refractivity contribution in [2.75, 3.05) is 31.6 Å². The molecule has 1 saturated heterocycles. The summed E-state index contributed by atoms with van der Waals surface area (Å²) in [6.07, 6.45) is 1.73. The molecule has 1 aromatic carbocycles. The lowest BCUT2D eigenvalue weighted by molar-refractivity contribution is 0.0303. The lowest BCUT2D eigenvalue weighted by Gasteiger charge is -2.27. The maximum atomic E-state index is 12.6. The molecule has 0 aliphatic carbocycles. The van der Waals surface area contributed by atoms with E-state index in [9.17, 15) is 9.59 Å². The van der Waals surface area contributed by atoms with Crippen molar-refractivity contribution in [2.24, 2.45) is 0 Å². The van der Waals surface area contributed by atoms with Gasteiger partial charge in [-0.3, -0.25) is 14.0 Å². The van der Waals surface area contributed by atoms with E-state index in [1.807, 2.05) is 49.1 Å². The van der Waals surface area contributed by atoms with Crippen molar-refractivity contribution in [3.8, 4) is 0 Å². The Labute approximate surface area is 168 Å². The van der Waals surface area contributed by atoms with Gasteiger partial charge in [-0.15, -0.1) is 0 Å². The van der Waals surface area contributed by atoms with Crippen molar-refractivity contribution in [3.05, 3.63) is 75.3 Å². The number of nitrogens with zero attached hydrogens (tertiary/aromatic N) is 3. The Hall–Kier alpha value is -3.19. The molecule has 0 saturated carbocycles. The highest BCUT2D eigenvalue weighted by molar-refractivity contribution is 5.95. The van der Waals surface area contributed by atoms with Crippen LogP contribution in [0, 0.1) is 13.8 Å². The van der Waals surface area contributed by atoms with Crippen LogP contribution < -0.4 is 10.9 Å². The molecule has 0 unspecified atom stereocenters. The van der Waals surface area contributed by atoms with Gasteiger partial charge in [-0.2, -0.15) is 0 Å². The molecule has 7 nitrogen and oxygen atoms in total. The second-order valence-corrected chi connectivity index (χ2v) is 7.26. The molecule has 0 radical (unpaired) electrons. The molecule has 150 valence electrons. The molecule has 0 atom stereocenters. The molecule has 4 rings (SSSR count). The topological polar surface area (TPSA) is 75.9 Å². The van der Waals surface area contributed by atoms with Crippen LogP contribution in [0.5, 0.6) is 0 Å². The lowest BCUT2D eigenvalue weighted by Crippen LogP contribution is -2.40. The van der Waals surface area contributed by atoms with Crippen LogP contribution in [0.1, 0.15) is 27.2 Å². The molecule has 7 heteroatoms. The maximum absolute atomic E-state index is 12.6. The average Bonchev–Trinajstić information content (AvgIpc) is 2.74. The fraction of sp³-hybridized carbons (Fsp3) is 0.318. The lowest BCUT2D eigenvalue weighted by atomic mass is 10.1. The van der Waals surface area contributed by atoms with Crippen LogP contribution in [0.3, 0.4) is 0 Å². The summed E-state index contributed by atoms with van der Waals surface area (Å²) in [5.74, 6) is 0.0302. The maximum Gasteiger partial charge on any atom is 0.258 e. The molecule has 1 aliphatic rings. The first-order chi connectivity index (χ1) is 14.0. The van der Waals surface area contributed by atoms with E-state index in [2.05, 4.69) is 10.3 Å². The zero-order valence-electron chi connectivity index (χ0n) is 16.6. The number of hydrogen-bond acceptors (Lipinski definition) is 5. The summed E-state index contributed by atoms with van der Waals surface area (Å²) in [6, 6.07) is 11.0. The van der Waals surface area contributed by atoms with Crippen molar-refractivity contribution in [1.29, 1.82) is 0 Å². The molecule has 3 aromatic rings. The van der Waals surface area contributed by atoms with Crippen LogP contribution in [-0.2, 0) is 11.3 Å². The Morgan fingerprint density at radius 1 is 1.14 bits per heavy atom. The van der Waals surface area contributed by atoms with E-state index in [0.717, 1.165) is 16.8 Å². The first-order valence-corrected chi connectivity index (χ1v) is 9.72. The molecular formula is C22H24N4O3. The van der Waals surface area contributed by atoms with Gasteiger partial charge in [0.2, 0.25) is 0 Å².